The molecule has 0 aromatic heterocycles. The van der Waals surface area contributed by atoms with Crippen LogP contribution in [-0.4, -0.2) is 21.1 Å². The van der Waals surface area contributed by atoms with Crippen LogP contribution in [0.15, 0.2) is 51.8 Å². The van der Waals surface area contributed by atoms with Crippen molar-refractivity contribution in [2.75, 3.05) is 0 Å². The summed E-state index contributed by atoms with van der Waals surface area (Å²) in [6, 6.07) is 13.1. The first-order chi connectivity index (χ1) is 17.8. The Kier molecular flexibility index (Phi) is 6.88. The Hall–Kier alpha value is -1.87. The van der Waals surface area contributed by atoms with E-state index in [0.717, 1.165) is 34.9 Å². The summed E-state index contributed by atoms with van der Waals surface area (Å²) in [5.41, 5.74) is 4.30. The largest absolute Gasteiger partial charge is 0.488 e. The second-order valence-corrected chi connectivity index (χ2v) is 13.8. The Balaban J connectivity index is 1.18. The summed E-state index contributed by atoms with van der Waals surface area (Å²) < 4.78 is 7.28. The van der Waals surface area contributed by atoms with Crippen molar-refractivity contribution in [2.45, 2.75) is 45.1 Å². The molecule has 0 radical (unpaired) electrons. The number of nitrogens with zero attached hydrogens (tertiary/aromatic N) is 1. The van der Waals surface area contributed by atoms with Crippen molar-refractivity contribution in [2.24, 2.45) is 23.2 Å². The van der Waals surface area contributed by atoms with Gasteiger partial charge in [0.2, 0.25) is 5.91 Å². The van der Waals surface area contributed by atoms with Crippen LogP contribution < -0.4 is 10.2 Å². The topological polar surface area (TPSA) is 58.6 Å². The van der Waals surface area contributed by atoms with Crippen LogP contribution >= 0.6 is 51.5 Å². The van der Waals surface area contributed by atoms with Gasteiger partial charge in [-0.2, -0.15) is 5.01 Å². The molecular weight excluding hydrogens is 592 g/mol. The molecule has 2 amide bonds. The molecule has 5 aliphatic rings. The average Bonchev–Trinajstić information content (AvgIpc) is 3.11. The fourth-order valence-corrected chi connectivity index (χ4v) is 8.49. The van der Waals surface area contributed by atoms with Gasteiger partial charge >= 0.3 is 0 Å². The van der Waals surface area contributed by atoms with E-state index in [1.165, 1.54) is 36.0 Å². The van der Waals surface area contributed by atoms with Crippen molar-refractivity contribution in [3.63, 3.8) is 0 Å². The van der Waals surface area contributed by atoms with Crippen LogP contribution in [-0.2, 0) is 16.2 Å². The maximum atomic E-state index is 13.5. The van der Waals surface area contributed by atoms with Crippen LogP contribution in [0.5, 0.6) is 5.75 Å². The zero-order chi connectivity index (χ0) is 25.7. The van der Waals surface area contributed by atoms with Gasteiger partial charge in [-0.05, 0) is 110 Å². The number of thioether (sulfide) groups is 1. The van der Waals surface area contributed by atoms with E-state index in [-0.39, 0.29) is 17.2 Å². The fourth-order valence-electron chi connectivity index (χ4n) is 6.82. The number of carbonyl (C=O) groups excluding carboxylic acids is 2. The van der Waals surface area contributed by atoms with Gasteiger partial charge in [-0.25, -0.2) is 0 Å². The molecule has 1 N–H and O–H groups in total. The average molecular weight is 618 g/mol. The first-order valence-corrected chi connectivity index (χ1v) is 14.9. The van der Waals surface area contributed by atoms with Gasteiger partial charge < -0.3 is 4.74 Å². The molecule has 1 heterocycles. The lowest BCUT2D eigenvalue weighted by Crippen LogP contribution is -2.57. The van der Waals surface area contributed by atoms with Crippen LogP contribution in [0, 0.1) is 23.2 Å². The summed E-state index contributed by atoms with van der Waals surface area (Å²) in [5, 5.41) is 1.93. The van der Waals surface area contributed by atoms with E-state index in [4.69, 9.17) is 28.6 Å². The second-order valence-electron chi connectivity index (χ2n) is 10.8. The minimum absolute atomic E-state index is 0.0430. The highest BCUT2D eigenvalue weighted by Crippen LogP contribution is 2.60. The zero-order valence-electron chi connectivity index (χ0n) is 20.0. The van der Waals surface area contributed by atoms with Gasteiger partial charge in [-0.1, -0.05) is 51.4 Å². The lowest BCUT2D eigenvalue weighted by molar-refractivity contribution is -0.152. The molecule has 7 rings (SSSR count). The van der Waals surface area contributed by atoms with Gasteiger partial charge in [0.05, 0.1) is 10.3 Å². The van der Waals surface area contributed by atoms with Crippen molar-refractivity contribution < 1.29 is 14.3 Å². The molecule has 1 saturated heterocycles. The Bertz CT molecular complexity index is 1280. The molecule has 5 fully saturated rings. The van der Waals surface area contributed by atoms with Crippen molar-refractivity contribution in [3.05, 3.63) is 68.0 Å². The molecule has 1 aliphatic heterocycles. The molecule has 2 aromatic carbocycles. The molecule has 0 atom stereocenters. The Morgan fingerprint density at radius 2 is 1.78 bits per heavy atom. The highest BCUT2D eigenvalue weighted by Gasteiger charge is 2.55. The van der Waals surface area contributed by atoms with Gasteiger partial charge in [-0.15, -0.1) is 0 Å². The number of thiocarbonyl (C=S) groups is 1. The highest BCUT2D eigenvalue weighted by atomic mass is 79.9. The van der Waals surface area contributed by atoms with Crippen LogP contribution in [0.3, 0.4) is 0 Å². The fraction of sp³-hybridized carbons (Fsp3) is 0.393. The summed E-state index contributed by atoms with van der Waals surface area (Å²) in [7, 11) is 0. The van der Waals surface area contributed by atoms with Crippen LogP contribution in [0.2, 0.25) is 5.02 Å². The molecule has 0 spiro atoms. The summed E-state index contributed by atoms with van der Waals surface area (Å²) in [4.78, 5) is 27.3. The molecule has 0 unspecified atom stereocenters. The lowest BCUT2D eigenvalue weighted by Gasteiger charge is -2.55. The third kappa shape index (κ3) is 5.10. The molecule has 2 aromatic rings. The maximum Gasteiger partial charge on any atom is 0.285 e. The number of amides is 2. The number of hydrazine groups is 1. The normalized spacial score (nSPS) is 29.3. The standard InChI is InChI=1S/C28H26BrClN2O3S2/c29-21-3-6-23(35-15-16-1-4-22(30)5-2-16)20(10-21)11-24-25(33)32(27(36)37-24)31-26(34)28-12-17-7-18(13-28)9-19(8-17)14-28/h1-6,10-11,17-19H,7-9,12-15H2,(H,31,34)/b24-11+. The quantitative estimate of drug-likeness (QED) is 0.276. The van der Waals surface area contributed by atoms with Crippen molar-refractivity contribution in [1.82, 2.24) is 10.4 Å². The van der Waals surface area contributed by atoms with Gasteiger partial charge in [0.25, 0.3) is 5.91 Å². The predicted molar refractivity (Wildman–Crippen MR) is 154 cm³/mol. The summed E-state index contributed by atoms with van der Waals surface area (Å²) in [5.74, 6) is 2.22. The third-order valence-electron chi connectivity index (χ3n) is 8.09. The first kappa shape index (κ1) is 25.4. The number of ether oxygens (including phenoxy) is 1. The Labute approximate surface area is 239 Å². The number of rotatable bonds is 6. The van der Waals surface area contributed by atoms with E-state index in [1.807, 2.05) is 42.5 Å². The molecular formula is C28H26BrClN2O3S2. The van der Waals surface area contributed by atoms with E-state index < -0.39 is 0 Å². The van der Waals surface area contributed by atoms with E-state index in [0.29, 0.717) is 44.4 Å². The van der Waals surface area contributed by atoms with Crippen molar-refractivity contribution in [1.29, 1.82) is 0 Å². The number of carbonyl (C=O) groups is 2. The molecule has 192 valence electrons. The molecule has 37 heavy (non-hydrogen) atoms. The predicted octanol–water partition coefficient (Wildman–Crippen LogP) is 7.13. The molecule has 9 heteroatoms. The van der Waals surface area contributed by atoms with Gasteiger partial charge in [0.15, 0.2) is 4.32 Å². The van der Waals surface area contributed by atoms with E-state index >= 15 is 0 Å². The number of benzene rings is 2. The SMILES string of the molecule is O=C1/C(=C\c2cc(Br)ccc2OCc2ccc(Cl)cc2)SC(=S)N1NC(=O)C12CC3CC(CC(C3)C1)C2. The second kappa shape index (κ2) is 10.0. The molecule has 5 nitrogen and oxygen atoms in total. The molecule has 4 aliphatic carbocycles. The van der Waals surface area contributed by atoms with Crippen LogP contribution in [0.1, 0.15) is 49.7 Å². The van der Waals surface area contributed by atoms with E-state index in [1.54, 1.807) is 6.08 Å². The lowest BCUT2D eigenvalue weighted by atomic mass is 9.49. The summed E-state index contributed by atoms with van der Waals surface area (Å²) in [6.07, 6.45) is 8.34. The zero-order valence-corrected chi connectivity index (χ0v) is 24.0. The van der Waals surface area contributed by atoms with Gasteiger partial charge in [0.1, 0.15) is 12.4 Å². The number of halogens is 2. The minimum atomic E-state index is -0.352. The van der Waals surface area contributed by atoms with Crippen LogP contribution in [0.4, 0.5) is 0 Å². The van der Waals surface area contributed by atoms with Crippen molar-refractivity contribution >= 4 is 73.7 Å². The maximum absolute atomic E-state index is 13.5. The number of hydrogen-bond acceptors (Lipinski definition) is 5. The number of nitrogens with one attached hydrogen (secondary N) is 1. The first-order valence-electron chi connectivity index (χ1n) is 12.5. The monoisotopic (exact) mass is 616 g/mol. The molecule has 4 bridgehead atoms. The Morgan fingerprint density at radius 1 is 1.14 bits per heavy atom. The number of hydrogen-bond donors (Lipinski definition) is 1. The minimum Gasteiger partial charge on any atom is -0.488 e. The smallest absolute Gasteiger partial charge is 0.285 e. The highest BCUT2D eigenvalue weighted by molar-refractivity contribution is 9.10. The third-order valence-corrected chi connectivity index (χ3v) is 10.1. The summed E-state index contributed by atoms with van der Waals surface area (Å²) >= 11 is 16.2. The van der Waals surface area contributed by atoms with Gasteiger partial charge in [-0.3, -0.25) is 15.0 Å². The van der Waals surface area contributed by atoms with E-state index in [9.17, 15) is 9.59 Å². The Morgan fingerprint density at radius 3 is 2.43 bits per heavy atom. The van der Waals surface area contributed by atoms with Gasteiger partial charge in [0, 0.05) is 15.1 Å². The molecule has 4 saturated carbocycles. The van der Waals surface area contributed by atoms with Crippen LogP contribution in [0.25, 0.3) is 6.08 Å². The van der Waals surface area contributed by atoms with E-state index in [2.05, 4.69) is 21.4 Å². The van der Waals surface area contributed by atoms with Crippen molar-refractivity contribution in [3.8, 4) is 5.75 Å². The summed E-state index contributed by atoms with van der Waals surface area (Å²) in [6.45, 7) is 0.363.